The van der Waals surface area contributed by atoms with Crippen LogP contribution < -0.4 is 0 Å². The molecule has 1 nitrogen and oxygen atoms in total. The average Bonchev–Trinajstić information content (AvgIpc) is 3.10. The molecule has 0 bridgehead atoms. The monoisotopic (exact) mass is 306 g/mol. The number of thioether (sulfide) groups is 3. The molecule has 0 N–H and O–H groups in total. The molecule has 2 aliphatic heterocycles. The molecule has 0 amide bonds. The second-order valence-electron chi connectivity index (χ2n) is 6.63. The van der Waals surface area contributed by atoms with Gasteiger partial charge in [0.15, 0.2) is 0 Å². The van der Waals surface area contributed by atoms with Gasteiger partial charge in [-0.1, -0.05) is 27.7 Å². The number of hydrogen-bond acceptors (Lipinski definition) is 4. The van der Waals surface area contributed by atoms with Gasteiger partial charge in [-0.3, -0.25) is 0 Å². The Morgan fingerprint density at radius 3 is 2.50 bits per heavy atom. The minimum atomic E-state index is 0.373. The summed E-state index contributed by atoms with van der Waals surface area (Å²) in [5.41, 5.74) is 0.443. The second-order valence-corrected chi connectivity index (χ2v) is 10.8. The number of hydrogen-bond donors (Lipinski definition) is 0. The molecule has 0 spiro atoms. The van der Waals surface area contributed by atoms with Crippen LogP contribution in [-0.4, -0.2) is 45.7 Å². The van der Waals surface area contributed by atoms with Gasteiger partial charge in [-0.2, -0.15) is 35.3 Å². The highest BCUT2D eigenvalue weighted by Gasteiger charge is 2.37. The molecule has 2 unspecified atom stereocenters. The van der Waals surface area contributed by atoms with E-state index in [1.807, 2.05) is 0 Å². The fraction of sp³-hybridized carbons (Fsp3) is 1.00. The zero-order valence-corrected chi connectivity index (χ0v) is 14.5. The minimum Gasteiger partial charge on any atom is -0.372 e. The zero-order chi connectivity index (χ0) is 13.2. The van der Waals surface area contributed by atoms with Crippen LogP contribution in [0.3, 0.4) is 0 Å². The van der Waals surface area contributed by atoms with E-state index < -0.39 is 0 Å². The number of ether oxygens (including phenoxy) is 1. The van der Waals surface area contributed by atoms with Crippen LogP contribution in [-0.2, 0) is 4.74 Å². The lowest BCUT2D eigenvalue weighted by molar-refractivity contribution is 0.304. The van der Waals surface area contributed by atoms with Crippen LogP contribution in [0.15, 0.2) is 0 Å². The summed E-state index contributed by atoms with van der Waals surface area (Å²) < 4.78 is 5.70. The van der Waals surface area contributed by atoms with E-state index in [0.29, 0.717) is 16.3 Å². The predicted octanol–water partition coefficient (Wildman–Crippen LogP) is 4.16. The van der Waals surface area contributed by atoms with Gasteiger partial charge < -0.3 is 4.74 Å². The molecule has 4 heteroatoms. The Hall–Kier alpha value is 1.01. The third-order valence-electron chi connectivity index (χ3n) is 3.63. The molecule has 0 aromatic carbocycles. The first-order valence-electron chi connectivity index (χ1n) is 6.84. The Bertz CT molecular complexity index is 268. The van der Waals surface area contributed by atoms with Gasteiger partial charge in [-0.05, 0) is 11.8 Å². The van der Waals surface area contributed by atoms with E-state index in [1.165, 1.54) is 29.4 Å². The maximum atomic E-state index is 5.32. The quantitative estimate of drug-likeness (QED) is 0.683. The van der Waals surface area contributed by atoms with Gasteiger partial charge in [-0.15, -0.1) is 0 Å². The topological polar surface area (TPSA) is 12.5 Å². The van der Waals surface area contributed by atoms with Gasteiger partial charge >= 0.3 is 0 Å². The van der Waals surface area contributed by atoms with E-state index in [-0.39, 0.29) is 0 Å². The Morgan fingerprint density at radius 2 is 1.94 bits per heavy atom. The van der Waals surface area contributed by atoms with Crippen molar-refractivity contribution in [1.82, 2.24) is 0 Å². The molecule has 0 aliphatic carbocycles. The van der Waals surface area contributed by atoms with Crippen LogP contribution in [0.1, 0.15) is 34.1 Å². The highest BCUT2D eigenvalue weighted by atomic mass is 32.2. The van der Waals surface area contributed by atoms with Crippen molar-refractivity contribution in [3.8, 4) is 0 Å². The lowest BCUT2D eigenvalue weighted by atomic mass is 9.81. The van der Waals surface area contributed by atoms with Crippen molar-refractivity contribution >= 4 is 35.3 Å². The third-order valence-corrected chi connectivity index (χ3v) is 8.27. The molecule has 2 aliphatic rings. The van der Waals surface area contributed by atoms with Crippen molar-refractivity contribution in [2.45, 2.75) is 50.2 Å². The van der Waals surface area contributed by atoms with Gasteiger partial charge in [0.2, 0.25) is 0 Å². The summed E-state index contributed by atoms with van der Waals surface area (Å²) in [6.45, 7) is 10.7. The molecule has 2 fully saturated rings. The normalized spacial score (nSPS) is 29.3. The highest BCUT2D eigenvalue weighted by Crippen LogP contribution is 2.45. The van der Waals surface area contributed by atoms with Crippen molar-refractivity contribution in [3.63, 3.8) is 0 Å². The van der Waals surface area contributed by atoms with E-state index in [0.717, 1.165) is 11.9 Å². The molecular weight excluding hydrogens is 280 g/mol. The fourth-order valence-corrected chi connectivity index (χ4v) is 7.17. The smallest absolute Gasteiger partial charge is 0.0900 e. The molecule has 2 rings (SSSR count). The van der Waals surface area contributed by atoms with E-state index >= 15 is 0 Å². The van der Waals surface area contributed by atoms with Gasteiger partial charge in [0.25, 0.3) is 0 Å². The van der Waals surface area contributed by atoms with E-state index in [4.69, 9.17) is 4.74 Å². The molecule has 0 radical (unpaired) electrons. The summed E-state index contributed by atoms with van der Waals surface area (Å²) in [5.74, 6) is 5.19. The van der Waals surface area contributed by atoms with E-state index in [2.05, 4.69) is 63.0 Å². The highest BCUT2D eigenvalue weighted by molar-refractivity contribution is 8.06. The third kappa shape index (κ3) is 4.84. The molecule has 2 heterocycles. The van der Waals surface area contributed by atoms with Crippen molar-refractivity contribution in [2.24, 2.45) is 5.41 Å². The summed E-state index contributed by atoms with van der Waals surface area (Å²) in [5, 5.41) is 0.827. The Morgan fingerprint density at radius 1 is 1.22 bits per heavy atom. The van der Waals surface area contributed by atoms with Crippen LogP contribution in [0, 0.1) is 5.41 Å². The largest absolute Gasteiger partial charge is 0.372 e. The number of rotatable bonds is 6. The van der Waals surface area contributed by atoms with Gasteiger partial charge in [0, 0.05) is 33.0 Å². The lowest BCUT2D eigenvalue weighted by Crippen LogP contribution is -2.37. The summed E-state index contributed by atoms with van der Waals surface area (Å²) in [7, 11) is 0. The average molecular weight is 307 g/mol. The van der Waals surface area contributed by atoms with E-state index in [9.17, 15) is 0 Å². The number of epoxide rings is 1. The lowest BCUT2D eigenvalue weighted by Gasteiger charge is -2.41. The van der Waals surface area contributed by atoms with Crippen LogP contribution in [0.2, 0.25) is 0 Å². The van der Waals surface area contributed by atoms with Crippen molar-refractivity contribution in [3.05, 3.63) is 0 Å². The predicted molar refractivity (Wildman–Crippen MR) is 88.2 cm³/mol. The standard InChI is InChI=1S/C14H26OS3/c1-13(2,12-9-16-5-6-17-12)10-14(3,4)18-8-11-7-15-11/h11-12H,5-10H2,1-4H3. The van der Waals surface area contributed by atoms with Gasteiger partial charge in [0.05, 0.1) is 12.7 Å². The Labute approximate surface area is 125 Å². The van der Waals surface area contributed by atoms with Crippen molar-refractivity contribution < 1.29 is 4.74 Å². The Kier molecular flexibility index (Phi) is 5.30. The molecule has 0 saturated carbocycles. The molecule has 106 valence electrons. The molecular formula is C14H26OS3. The van der Waals surface area contributed by atoms with Crippen molar-refractivity contribution in [2.75, 3.05) is 29.6 Å². The Balaban J connectivity index is 1.83. The van der Waals surface area contributed by atoms with Gasteiger partial charge in [-0.25, -0.2) is 0 Å². The first-order valence-corrected chi connectivity index (χ1v) is 10.0. The first-order chi connectivity index (χ1) is 8.39. The van der Waals surface area contributed by atoms with Crippen molar-refractivity contribution in [1.29, 1.82) is 0 Å². The first kappa shape index (κ1) is 15.4. The summed E-state index contributed by atoms with van der Waals surface area (Å²) >= 11 is 6.43. The zero-order valence-electron chi connectivity index (χ0n) is 12.0. The second kappa shape index (κ2) is 6.19. The maximum absolute atomic E-state index is 5.32. The van der Waals surface area contributed by atoms with Gasteiger partial charge in [0.1, 0.15) is 0 Å². The summed E-state index contributed by atoms with van der Waals surface area (Å²) in [4.78, 5) is 0. The fourth-order valence-electron chi connectivity index (χ4n) is 2.68. The maximum Gasteiger partial charge on any atom is 0.0900 e. The molecule has 0 aromatic heterocycles. The molecule has 2 atom stereocenters. The minimum absolute atomic E-state index is 0.373. The SMILES string of the molecule is CC(C)(CC(C)(C)C1CSCCS1)SCC1CO1. The molecule has 18 heavy (non-hydrogen) atoms. The van der Waals surface area contributed by atoms with Crippen LogP contribution in [0.5, 0.6) is 0 Å². The van der Waals surface area contributed by atoms with Crippen LogP contribution in [0.4, 0.5) is 0 Å². The van der Waals surface area contributed by atoms with Crippen LogP contribution >= 0.6 is 35.3 Å². The molecule has 2 saturated heterocycles. The summed E-state index contributed by atoms with van der Waals surface area (Å²) in [6.07, 6.45) is 1.85. The van der Waals surface area contributed by atoms with Crippen LogP contribution in [0.25, 0.3) is 0 Å². The summed E-state index contributed by atoms with van der Waals surface area (Å²) in [6, 6.07) is 0. The van der Waals surface area contributed by atoms with E-state index in [1.54, 1.807) is 0 Å². The molecule has 0 aromatic rings.